The van der Waals surface area contributed by atoms with Gasteiger partial charge < -0.3 is 10.1 Å². The quantitative estimate of drug-likeness (QED) is 0.839. The number of rotatable bonds is 5. The zero-order chi connectivity index (χ0) is 13.6. The summed E-state index contributed by atoms with van der Waals surface area (Å²) in [5, 5.41) is 6.04. The topological polar surface area (TPSA) is 37.4 Å². The van der Waals surface area contributed by atoms with Crippen molar-refractivity contribution >= 4 is 10.8 Å². The van der Waals surface area contributed by atoms with E-state index in [1.807, 2.05) is 12.4 Å². The first-order chi connectivity index (χ1) is 9.93. The van der Waals surface area contributed by atoms with Crippen molar-refractivity contribution in [3.05, 3.63) is 42.2 Å². The highest BCUT2D eigenvalue weighted by Crippen LogP contribution is 2.16. The minimum Gasteiger partial charge on any atom is -0.379 e. The Morgan fingerprint density at radius 3 is 3.00 bits per heavy atom. The molecule has 0 amide bonds. The molecule has 1 aromatic carbocycles. The molecular weight excluding hydrogens is 250 g/mol. The number of nitrogens with one attached hydrogen (secondary N) is 1. The van der Waals surface area contributed by atoms with Crippen LogP contribution in [-0.2, 0) is 11.3 Å². The number of hydrogen-bond acceptors (Lipinski definition) is 4. The highest BCUT2D eigenvalue weighted by Gasteiger charge is 2.09. The van der Waals surface area contributed by atoms with Crippen LogP contribution >= 0.6 is 0 Å². The van der Waals surface area contributed by atoms with Crippen LogP contribution in [-0.4, -0.2) is 49.3 Å². The summed E-state index contributed by atoms with van der Waals surface area (Å²) >= 11 is 0. The summed E-state index contributed by atoms with van der Waals surface area (Å²) in [7, 11) is 0. The van der Waals surface area contributed by atoms with E-state index in [1.54, 1.807) is 0 Å². The third-order valence-electron chi connectivity index (χ3n) is 3.80. The van der Waals surface area contributed by atoms with Gasteiger partial charge in [0, 0.05) is 50.5 Å². The summed E-state index contributed by atoms with van der Waals surface area (Å²) in [4.78, 5) is 6.62. The van der Waals surface area contributed by atoms with Gasteiger partial charge in [-0.1, -0.05) is 18.2 Å². The monoisotopic (exact) mass is 271 g/mol. The molecule has 1 saturated heterocycles. The van der Waals surface area contributed by atoms with E-state index < -0.39 is 0 Å². The first kappa shape index (κ1) is 13.5. The van der Waals surface area contributed by atoms with Crippen LogP contribution in [0.5, 0.6) is 0 Å². The molecule has 106 valence electrons. The van der Waals surface area contributed by atoms with E-state index in [-0.39, 0.29) is 0 Å². The van der Waals surface area contributed by atoms with E-state index in [1.165, 1.54) is 16.3 Å². The Balaban J connectivity index is 1.52. The van der Waals surface area contributed by atoms with Gasteiger partial charge in [-0.3, -0.25) is 9.88 Å². The number of benzene rings is 1. The third kappa shape index (κ3) is 3.33. The number of nitrogens with zero attached hydrogens (tertiary/aromatic N) is 2. The van der Waals surface area contributed by atoms with E-state index in [0.29, 0.717) is 0 Å². The molecule has 0 unspecified atom stereocenters. The number of ether oxygens (including phenoxy) is 1. The second-order valence-corrected chi connectivity index (χ2v) is 5.14. The lowest BCUT2D eigenvalue weighted by atomic mass is 10.1. The van der Waals surface area contributed by atoms with Gasteiger partial charge in [-0.25, -0.2) is 0 Å². The Kier molecular flexibility index (Phi) is 4.58. The fraction of sp³-hybridized carbons (Fsp3) is 0.438. The molecule has 3 rings (SSSR count). The molecule has 20 heavy (non-hydrogen) atoms. The number of aromatic nitrogens is 1. The van der Waals surface area contributed by atoms with Crippen molar-refractivity contribution in [2.45, 2.75) is 6.54 Å². The average Bonchev–Trinajstić information content (AvgIpc) is 2.53. The molecule has 0 atom stereocenters. The smallest absolute Gasteiger partial charge is 0.0594 e. The van der Waals surface area contributed by atoms with Crippen LogP contribution in [0.4, 0.5) is 0 Å². The summed E-state index contributed by atoms with van der Waals surface area (Å²) in [6, 6.07) is 8.49. The fourth-order valence-electron chi connectivity index (χ4n) is 2.63. The van der Waals surface area contributed by atoms with Crippen molar-refractivity contribution < 1.29 is 4.74 Å². The van der Waals surface area contributed by atoms with E-state index >= 15 is 0 Å². The molecule has 0 spiro atoms. The Labute approximate surface area is 119 Å². The van der Waals surface area contributed by atoms with Crippen molar-refractivity contribution in [2.75, 3.05) is 39.4 Å². The summed E-state index contributed by atoms with van der Waals surface area (Å²) in [6.45, 7) is 6.87. The predicted molar refractivity (Wildman–Crippen MR) is 80.7 cm³/mol. The zero-order valence-electron chi connectivity index (χ0n) is 11.7. The molecule has 0 bridgehead atoms. The van der Waals surface area contributed by atoms with Gasteiger partial charge in [0.05, 0.1) is 13.2 Å². The maximum Gasteiger partial charge on any atom is 0.0594 e. The lowest BCUT2D eigenvalue weighted by Gasteiger charge is -2.26. The van der Waals surface area contributed by atoms with Gasteiger partial charge in [0.1, 0.15) is 0 Å². The summed E-state index contributed by atoms with van der Waals surface area (Å²) in [6.07, 6.45) is 3.78. The van der Waals surface area contributed by atoms with E-state index in [0.717, 1.165) is 45.9 Å². The molecule has 1 aliphatic rings. The van der Waals surface area contributed by atoms with Crippen LogP contribution in [0.25, 0.3) is 10.8 Å². The normalized spacial score (nSPS) is 16.6. The molecular formula is C16H21N3O. The minimum absolute atomic E-state index is 0.871. The fourth-order valence-corrected chi connectivity index (χ4v) is 2.63. The lowest BCUT2D eigenvalue weighted by Crippen LogP contribution is -2.40. The molecule has 1 fully saturated rings. The molecule has 0 radical (unpaired) electrons. The molecule has 0 aliphatic carbocycles. The van der Waals surface area contributed by atoms with Gasteiger partial charge in [0.15, 0.2) is 0 Å². The van der Waals surface area contributed by atoms with Gasteiger partial charge in [-0.2, -0.15) is 0 Å². The van der Waals surface area contributed by atoms with E-state index in [9.17, 15) is 0 Å². The minimum atomic E-state index is 0.871. The van der Waals surface area contributed by atoms with Crippen LogP contribution in [0.3, 0.4) is 0 Å². The van der Waals surface area contributed by atoms with Gasteiger partial charge in [0.2, 0.25) is 0 Å². The molecule has 0 saturated carbocycles. The Bertz CT molecular complexity index is 547. The Hall–Kier alpha value is -1.49. The highest BCUT2D eigenvalue weighted by atomic mass is 16.5. The number of fused-ring (bicyclic) bond motifs is 1. The zero-order valence-corrected chi connectivity index (χ0v) is 11.7. The average molecular weight is 271 g/mol. The van der Waals surface area contributed by atoms with Crippen molar-refractivity contribution in [1.29, 1.82) is 0 Å². The predicted octanol–water partition coefficient (Wildman–Crippen LogP) is 1.66. The lowest BCUT2D eigenvalue weighted by molar-refractivity contribution is 0.0384. The number of hydrogen-bond donors (Lipinski definition) is 1. The molecule has 1 aliphatic heterocycles. The Morgan fingerprint density at radius 2 is 2.10 bits per heavy atom. The molecule has 4 nitrogen and oxygen atoms in total. The summed E-state index contributed by atoms with van der Waals surface area (Å²) in [5.41, 5.74) is 1.34. The van der Waals surface area contributed by atoms with Crippen LogP contribution < -0.4 is 5.32 Å². The van der Waals surface area contributed by atoms with Crippen molar-refractivity contribution in [3.8, 4) is 0 Å². The van der Waals surface area contributed by atoms with Crippen LogP contribution in [0, 0.1) is 0 Å². The van der Waals surface area contributed by atoms with Crippen molar-refractivity contribution in [1.82, 2.24) is 15.2 Å². The van der Waals surface area contributed by atoms with Crippen LogP contribution in [0.2, 0.25) is 0 Å². The van der Waals surface area contributed by atoms with Gasteiger partial charge in [-0.05, 0) is 17.0 Å². The van der Waals surface area contributed by atoms with E-state index in [4.69, 9.17) is 4.74 Å². The molecule has 2 heterocycles. The molecule has 1 aromatic heterocycles. The van der Waals surface area contributed by atoms with E-state index in [2.05, 4.69) is 39.5 Å². The van der Waals surface area contributed by atoms with Gasteiger partial charge >= 0.3 is 0 Å². The van der Waals surface area contributed by atoms with Gasteiger partial charge in [0.25, 0.3) is 0 Å². The highest BCUT2D eigenvalue weighted by molar-refractivity contribution is 5.84. The SMILES string of the molecule is c1cc(CNCCN2CCOCC2)c2ccncc2c1. The molecule has 1 N–H and O–H groups in total. The van der Waals surface area contributed by atoms with Crippen LogP contribution in [0.15, 0.2) is 36.7 Å². The Morgan fingerprint density at radius 1 is 1.20 bits per heavy atom. The van der Waals surface area contributed by atoms with Crippen molar-refractivity contribution in [2.24, 2.45) is 0 Å². The molecule has 4 heteroatoms. The second kappa shape index (κ2) is 6.79. The van der Waals surface area contributed by atoms with Gasteiger partial charge in [-0.15, -0.1) is 0 Å². The maximum absolute atomic E-state index is 5.36. The van der Waals surface area contributed by atoms with Crippen molar-refractivity contribution in [3.63, 3.8) is 0 Å². The largest absolute Gasteiger partial charge is 0.379 e. The number of pyridine rings is 1. The first-order valence-corrected chi connectivity index (χ1v) is 7.26. The number of morpholine rings is 1. The summed E-state index contributed by atoms with van der Waals surface area (Å²) < 4.78 is 5.36. The maximum atomic E-state index is 5.36. The summed E-state index contributed by atoms with van der Waals surface area (Å²) in [5.74, 6) is 0. The molecule has 2 aromatic rings. The van der Waals surface area contributed by atoms with Crippen LogP contribution in [0.1, 0.15) is 5.56 Å². The third-order valence-corrected chi connectivity index (χ3v) is 3.80. The first-order valence-electron chi connectivity index (χ1n) is 7.26. The second-order valence-electron chi connectivity index (χ2n) is 5.14. The standard InChI is InChI=1S/C16H21N3O/c1-2-14-12-17-5-4-16(14)15(3-1)13-18-6-7-19-8-10-20-11-9-19/h1-5,12,18H,6-11,13H2.